The molecule has 1 aliphatic rings. The highest BCUT2D eigenvalue weighted by molar-refractivity contribution is 5.76. The minimum absolute atomic E-state index is 0.00556. The fraction of sp³-hybridized carbons (Fsp3) is 0.500. The molecule has 0 spiro atoms. The third kappa shape index (κ3) is 2.89. The molecule has 1 aromatic rings. The largest absolute Gasteiger partial charge is 0.390 e. The zero-order valence-electron chi connectivity index (χ0n) is 10.6. The Kier molecular flexibility index (Phi) is 4.33. The fourth-order valence-electron chi connectivity index (χ4n) is 2.42. The highest BCUT2D eigenvalue weighted by Crippen LogP contribution is 2.31. The van der Waals surface area contributed by atoms with Crippen LogP contribution in [0.3, 0.4) is 0 Å². The number of aliphatic hydroxyl groups excluding tert-OH is 1. The van der Waals surface area contributed by atoms with E-state index in [2.05, 4.69) is 10.6 Å². The smallest absolute Gasteiger partial charge is 0.220 e. The number of aliphatic hydroxyl groups is 1. The Balaban J connectivity index is 1.95. The number of hydrogen-bond acceptors (Lipinski definition) is 3. The van der Waals surface area contributed by atoms with Gasteiger partial charge in [-0.3, -0.25) is 4.79 Å². The summed E-state index contributed by atoms with van der Waals surface area (Å²) < 4.78 is 0. The first kappa shape index (κ1) is 13.1. The van der Waals surface area contributed by atoms with Gasteiger partial charge in [-0.15, -0.1) is 0 Å². The first-order chi connectivity index (χ1) is 8.72. The summed E-state index contributed by atoms with van der Waals surface area (Å²) in [4.78, 5) is 11.8. The average molecular weight is 248 g/mol. The molecule has 1 amide bonds. The van der Waals surface area contributed by atoms with E-state index in [0.717, 1.165) is 24.1 Å². The molecular weight excluding hydrogens is 228 g/mol. The van der Waals surface area contributed by atoms with E-state index in [9.17, 15) is 9.90 Å². The van der Waals surface area contributed by atoms with Gasteiger partial charge in [0.1, 0.15) is 0 Å². The van der Waals surface area contributed by atoms with Crippen LogP contribution in [0, 0.1) is 0 Å². The normalized spacial score (nSPS) is 21.7. The third-order valence-electron chi connectivity index (χ3n) is 3.35. The summed E-state index contributed by atoms with van der Waals surface area (Å²) in [6.07, 6.45) is 1.42. The lowest BCUT2D eigenvalue weighted by Crippen LogP contribution is -2.34. The average Bonchev–Trinajstić information content (AvgIpc) is 2.67. The van der Waals surface area contributed by atoms with Crippen LogP contribution in [0.15, 0.2) is 24.3 Å². The van der Waals surface area contributed by atoms with Crippen molar-refractivity contribution in [3.63, 3.8) is 0 Å². The van der Waals surface area contributed by atoms with Gasteiger partial charge in [0.2, 0.25) is 5.91 Å². The molecule has 0 saturated heterocycles. The van der Waals surface area contributed by atoms with Crippen molar-refractivity contribution >= 4 is 5.91 Å². The van der Waals surface area contributed by atoms with Crippen molar-refractivity contribution in [1.29, 1.82) is 0 Å². The molecule has 0 fully saturated rings. The Morgan fingerprint density at radius 3 is 3.00 bits per heavy atom. The third-order valence-corrected chi connectivity index (χ3v) is 3.35. The minimum Gasteiger partial charge on any atom is -0.390 e. The van der Waals surface area contributed by atoms with Gasteiger partial charge in [0, 0.05) is 12.8 Å². The zero-order chi connectivity index (χ0) is 13.0. The number of rotatable bonds is 5. The van der Waals surface area contributed by atoms with Crippen LogP contribution in [0.25, 0.3) is 0 Å². The first-order valence-electron chi connectivity index (χ1n) is 6.42. The van der Waals surface area contributed by atoms with E-state index in [1.807, 2.05) is 31.3 Å². The molecule has 0 heterocycles. The van der Waals surface area contributed by atoms with E-state index in [4.69, 9.17) is 0 Å². The van der Waals surface area contributed by atoms with E-state index in [-0.39, 0.29) is 11.9 Å². The van der Waals surface area contributed by atoms with E-state index in [1.54, 1.807) is 0 Å². The Labute approximate surface area is 107 Å². The maximum absolute atomic E-state index is 11.8. The van der Waals surface area contributed by atoms with E-state index >= 15 is 0 Å². The lowest BCUT2D eigenvalue weighted by atomic mass is 10.1. The molecule has 2 rings (SSSR count). The molecule has 98 valence electrons. The van der Waals surface area contributed by atoms with Crippen LogP contribution in [-0.2, 0) is 11.2 Å². The first-order valence-corrected chi connectivity index (χ1v) is 6.42. The molecule has 4 heteroatoms. The number of fused-ring (bicyclic) bond motifs is 1. The van der Waals surface area contributed by atoms with Crippen molar-refractivity contribution in [2.75, 3.05) is 13.6 Å². The summed E-state index contributed by atoms with van der Waals surface area (Å²) in [5.74, 6) is 0.00556. The predicted octanol–water partition coefficient (Wildman–Crippen LogP) is 0.760. The van der Waals surface area contributed by atoms with Gasteiger partial charge in [0.05, 0.1) is 12.1 Å². The quantitative estimate of drug-likeness (QED) is 0.674. The molecule has 0 aromatic heterocycles. The summed E-state index contributed by atoms with van der Waals surface area (Å²) in [5.41, 5.74) is 2.18. The lowest BCUT2D eigenvalue weighted by molar-refractivity contribution is -0.122. The molecule has 1 aromatic carbocycles. The molecule has 0 bridgehead atoms. The van der Waals surface area contributed by atoms with Crippen LogP contribution in [0.5, 0.6) is 0 Å². The van der Waals surface area contributed by atoms with Gasteiger partial charge in [-0.25, -0.2) is 0 Å². The Morgan fingerprint density at radius 1 is 1.44 bits per heavy atom. The monoisotopic (exact) mass is 248 g/mol. The lowest BCUT2D eigenvalue weighted by Gasteiger charge is -2.17. The van der Waals surface area contributed by atoms with Gasteiger partial charge in [-0.05, 0) is 31.1 Å². The van der Waals surface area contributed by atoms with E-state index in [1.165, 1.54) is 0 Å². The van der Waals surface area contributed by atoms with Crippen molar-refractivity contribution in [2.24, 2.45) is 0 Å². The minimum atomic E-state index is -0.504. The van der Waals surface area contributed by atoms with E-state index in [0.29, 0.717) is 12.8 Å². The summed E-state index contributed by atoms with van der Waals surface area (Å²) in [7, 11) is 1.87. The maximum atomic E-state index is 11.8. The highest BCUT2D eigenvalue weighted by atomic mass is 16.3. The van der Waals surface area contributed by atoms with Gasteiger partial charge in [-0.1, -0.05) is 24.3 Å². The van der Waals surface area contributed by atoms with Crippen LogP contribution in [0.4, 0.5) is 0 Å². The number of carbonyl (C=O) groups excluding carboxylic acids is 1. The topological polar surface area (TPSA) is 61.4 Å². The molecule has 0 saturated carbocycles. The molecule has 2 atom stereocenters. The Bertz CT molecular complexity index is 420. The van der Waals surface area contributed by atoms with Crippen LogP contribution in [-0.4, -0.2) is 30.7 Å². The summed E-state index contributed by atoms with van der Waals surface area (Å²) in [6.45, 7) is 0.831. The molecule has 3 N–H and O–H groups in total. The van der Waals surface area contributed by atoms with Gasteiger partial charge in [0.25, 0.3) is 0 Å². The Hall–Kier alpha value is -1.39. The van der Waals surface area contributed by atoms with Gasteiger partial charge in [0.15, 0.2) is 0 Å². The summed E-state index contributed by atoms with van der Waals surface area (Å²) >= 11 is 0. The van der Waals surface area contributed by atoms with Crippen molar-refractivity contribution in [2.45, 2.75) is 31.4 Å². The maximum Gasteiger partial charge on any atom is 0.220 e. The molecule has 0 aliphatic heterocycles. The van der Waals surface area contributed by atoms with Crippen molar-refractivity contribution < 1.29 is 9.90 Å². The van der Waals surface area contributed by atoms with E-state index < -0.39 is 6.10 Å². The molecule has 4 nitrogen and oxygen atoms in total. The fourth-order valence-corrected chi connectivity index (χ4v) is 2.42. The van der Waals surface area contributed by atoms with Crippen molar-refractivity contribution in [3.05, 3.63) is 35.4 Å². The van der Waals surface area contributed by atoms with Gasteiger partial charge < -0.3 is 15.7 Å². The molecular formula is C14H20N2O2. The number of nitrogens with one attached hydrogen (secondary N) is 2. The molecule has 0 radical (unpaired) electrons. The number of carbonyl (C=O) groups is 1. The summed E-state index contributed by atoms with van der Waals surface area (Å²) in [5, 5.41) is 15.9. The number of amides is 1. The Morgan fingerprint density at radius 2 is 2.22 bits per heavy atom. The SMILES string of the molecule is CNCCCC(=O)N[C@@H]1c2ccccc2C[C@@H]1O. The molecule has 1 aliphatic carbocycles. The second kappa shape index (κ2) is 5.98. The van der Waals surface area contributed by atoms with Gasteiger partial charge in [-0.2, -0.15) is 0 Å². The second-order valence-corrected chi connectivity index (χ2v) is 4.72. The number of hydrogen-bond donors (Lipinski definition) is 3. The van der Waals surface area contributed by atoms with Crippen molar-refractivity contribution in [3.8, 4) is 0 Å². The second-order valence-electron chi connectivity index (χ2n) is 4.72. The molecule has 18 heavy (non-hydrogen) atoms. The van der Waals surface area contributed by atoms with Crippen LogP contribution in [0.1, 0.15) is 30.0 Å². The number of benzene rings is 1. The standard InChI is InChI=1S/C14H20N2O2/c1-15-8-4-7-13(18)16-14-11-6-3-2-5-10(11)9-12(14)17/h2-3,5-6,12,14-15,17H,4,7-9H2,1H3,(H,16,18)/t12-,14+/m0/s1. The highest BCUT2D eigenvalue weighted by Gasteiger charge is 2.31. The van der Waals surface area contributed by atoms with Crippen LogP contribution >= 0.6 is 0 Å². The van der Waals surface area contributed by atoms with Gasteiger partial charge >= 0.3 is 0 Å². The summed E-state index contributed by atoms with van der Waals surface area (Å²) in [6, 6.07) is 7.64. The zero-order valence-corrected chi connectivity index (χ0v) is 10.6. The van der Waals surface area contributed by atoms with Crippen molar-refractivity contribution in [1.82, 2.24) is 10.6 Å². The predicted molar refractivity (Wildman–Crippen MR) is 70.2 cm³/mol. The van der Waals surface area contributed by atoms with Crippen LogP contribution in [0.2, 0.25) is 0 Å². The molecule has 0 unspecified atom stereocenters. The van der Waals surface area contributed by atoms with Crippen LogP contribution < -0.4 is 10.6 Å².